The van der Waals surface area contributed by atoms with Gasteiger partial charge in [0.1, 0.15) is 5.82 Å². The van der Waals surface area contributed by atoms with Crippen molar-refractivity contribution in [3.63, 3.8) is 0 Å². The second kappa shape index (κ2) is 5.19. The summed E-state index contributed by atoms with van der Waals surface area (Å²) in [5.74, 6) is 1.67. The minimum atomic E-state index is 0.596. The standard InChI is InChI=1S/C13H14BrN3OS/c1-7-9(14)5-11(19-7)13-16-10-3-4-18-6-8(10)12(15-2)17-13/h5H,3-4,6H2,1-2H3,(H,15,16,17). The molecule has 0 amide bonds. The number of fused-ring (bicyclic) bond motifs is 1. The van der Waals surface area contributed by atoms with Gasteiger partial charge in [-0.25, -0.2) is 9.97 Å². The third-order valence-electron chi connectivity index (χ3n) is 3.14. The minimum Gasteiger partial charge on any atom is -0.376 e. The molecule has 0 atom stereocenters. The van der Waals surface area contributed by atoms with E-state index in [-0.39, 0.29) is 0 Å². The molecule has 0 saturated carbocycles. The van der Waals surface area contributed by atoms with Crippen molar-refractivity contribution in [3.8, 4) is 10.7 Å². The Morgan fingerprint density at radius 1 is 1.42 bits per heavy atom. The van der Waals surface area contributed by atoms with Crippen LogP contribution in [0.2, 0.25) is 0 Å². The highest BCUT2D eigenvalue weighted by molar-refractivity contribution is 9.10. The number of hydrogen-bond donors (Lipinski definition) is 1. The second-order valence-electron chi connectivity index (χ2n) is 4.39. The first-order valence-electron chi connectivity index (χ1n) is 6.10. The Morgan fingerprint density at radius 2 is 2.26 bits per heavy atom. The molecule has 2 aromatic rings. The molecule has 0 bridgehead atoms. The van der Waals surface area contributed by atoms with Gasteiger partial charge in [0.05, 0.1) is 23.8 Å². The Balaban J connectivity index is 2.11. The molecule has 0 radical (unpaired) electrons. The van der Waals surface area contributed by atoms with E-state index >= 15 is 0 Å². The molecule has 4 nitrogen and oxygen atoms in total. The summed E-state index contributed by atoms with van der Waals surface area (Å²) in [6.45, 7) is 3.42. The molecule has 6 heteroatoms. The zero-order chi connectivity index (χ0) is 13.4. The van der Waals surface area contributed by atoms with Gasteiger partial charge >= 0.3 is 0 Å². The molecule has 0 aliphatic carbocycles. The van der Waals surface area contributed by atoms with Crippen molar-refractivity contribution < 1.29 is 4.74 Å². The maximum absolute atomic E-state index is 5.48. The van der Waals surface area contributed by atoms with Gasteiger partial charge in [0.2, 0.25) is 0 Å². The van der Waals surface area contributed by atoms with Crippen LogP contribution in [-0.2, 0) is 17.8 Å². The molecule has 1 aliphatic rings. The lowest BCUT2D eigenvalue weighted by Crippen LogP contribution is -2.15. The lowest BCUT2D eigenvalue weighted by Gasteiger charge is -2.18. The summed E-state index contributed by atoms with van der Waals surface area (Å²) in [7, 11) is 1.89. The van der Waals surface area contributed by atoms with Crippen LogP contribution in [0.25, 0.3) is 10.7 Å². The normalized spacial score (nSPS) is 14.3. The van der Waals surface area contributed by atoms with Gasteiger partial charge in [0.25, 0.3) is 0 Å². The van der Waals surface area contributed by atoms with Crippen LogP contribution in [0, 0.1) is 6.92 Å². The molecule has 2 aromatic heterocycles. The second-order valence-corrected chi connectivity index (χ2v) is 6.50. The molecule has 0 saturated heterocycles. The summed E-state index contributed by atoms with van der Waals surface area (Å²) in [5.41, 5.74) is 2.19. The number of aryl methyl sites for hydroxylation is 1. The van der Waals surface area contributed by atoms with E-state index < -0.39 is 0 Å². The van der Waals surface area contributed by atoms with Crippen LogP contribution in [0.5, 0.6) is 0 Å². The highest BCUT2D eigenvalue weighted by atomic mass is 79.9. The van der Waals surface area contributed by atoms with Crippen molar-refractivity contribution in [3.05, 3.63) is 26.7 Å². The van der Waals surface area contributed by atoms with E-state index in [0.29, 0.717) is 6.61 Å². The van der Waals surface area contributed by atoms with Gasteiger partial charge in [-0.2, -0.15) is 0 Å². The Bertz CT molecular complexity index is 590. The fourth-order valence-corrected chi connectivity index (χ4v) is 3.59. The summed E-state index contributed by atoms with van der Waals surface area (Å²) in [6, 6.07) is 2.08. The summed E-state index contributed by atoms with van der Waals surface area (Å²) in [6.07, 6.45) is 0.852. The van der Waals surface area contributed by atoms with Gasteiger partial charge in [-0.1, -0.05) is 0 Å². The number of halogens is 1. The monoisotopic (exact) mass is 339 g/mol. The SMILES string of the molecule is CNc1nc(-c2cc(Br)c(C)s2)nc2c1COCC2. The summed E-state index contributed by atoms with van der Waals surface area (Å²) in [4.78, 5) is 11.7. The Hall–Kier alpha value is -0.980. The van der Waals surface area contributed by atoms with Crippen LogP contribution in [0.3, 0.4) is 0 Å². The maximum atomic E-state index is 5.48. The Morgan fingerprint density at radius 3 is 2.95 bits per heavy atom. The Kier molecular flexibility index (Phi) is 3.56. The minimum absolute atomic E-state index is 0.596. The summed E-state index contributed by atoms with van der Waals surface area (Å²) < 4.78 is 6.60. The van der Waals surface area contributed by atoms with Crippen LogP contribution < -0.4 is 5.32 Å². The number of nitrogens with one attached hydrogen (secondary N) is 1. The largest absolute Gasteiger partial charge is 0.376 e. The molecule has 1 N–H and O–H groups in total. The van der Waals surface area contributed by atoms with Crippen molar-refractivity contribution in [2.24, 2.45) is 0 Å². The van der Waals surface area contributed by atoms with Crippen LogP contribution >= 0.6 is 27.3 Å². The van der Waals surface area contributed by atoms with E-state index in [1.54, 1.807) is 11.3 Å². The van der Waals surface area contributed by atoms with E-state index in [1.165, 1.54) is 4.88 Å². The summed E-state index contributed by atoms with van der Waals surface area (Å²) in [5, 5.41) is 3.15. The molecular weight excluding hydrogens is 326 g/mol. The fourth-order valence-electron chi connectivity index (χ4n) is 2.12. The molecule has 3 rings (SSSR count). The van der Waals surface area contributed by atoms with E-state index in [1.807, 2.05) is 7.05 Å². The van der Waals surface area contributed by atoms with E-state index in [9.17, 15) is 0 Å². The first-order valence-corrected chi connectivity index (χ1v) is 7.71. The van der Waals surface area contributed by atoms with Crippen LogP contribution in [0.1, 0.15) is 16.1 Å². The topological polar surface area (TPSA) is 47.0 Å². The van der Waals surface area contributed by atoms with Crippen molar-refractivity contribution in [1.82, 2.24) is 9.97 Å². The number of ether oxygens (including phenoxy) is 1. The average molecular weight is 340 g/mol. The van der Waals surface area contributed by atoms with Gasteiger partial charge in [-0.05, 0) is 28.9 Å². The molecule has 0 fully saturated rings. The number of hydrogen-bond acceptors (Lipinski definition) is 5. The highest BCUT2D eigenvalue weighted by Crippen LogP contribution is 2.34. The fraction of sp³-hybridized carbons (Fsp3) is 0.385. The zero-order valence-electron chi connectivity index (χ0n) is 10.8. The highest BCUT2D eigenvalue weighted by Gasteiger charge is 2.19. The van der Waals surface area contributed by atoms with E-state index in [4.69, 9.17) is 9.72 Å². The molecule has 1 aliphatic heterocycles. The van der Waals surface area contributed by atoms with Gasteiger partial charge < -0.3 is 10.1 Å². The van der Waals surface area contributed by atoms with Gasteiger partial charge in [-0.15, -0.1) is 11.3 Å². The Labute approximate surface area is 124 Å². The van der Waals surface area contributed by atoms with Gasteiger partial charge in [0, 0.05) is 28.4 Å². The number of rotatable bonds is 2. The first kappa shape index (κ1) is 13.0. The van der Waals surface area contributed by atoms with Crippen molar-refractivity contribution in [1.29, 1.82) is 0 Å². The molecule has 0 spiro atoms. The number of aromatic nitrogens is 2. The van der Waals surface area contributed by atoms with Crippen molar-refractivity contribution >= 4 is 33.1 Å². The van der Waals surface area contributed by atoms with Crippen LogP contribution in [0.4, 0.5) is 5.82 Å². The van der Waals surface area contributed by atoms with Gasteiger partial charge in [-0.3, -0.25) is 0 Å². The average Bonchev–Trinajstić information content (AvgIpc) is 2.77. The van der Waals surface area contributed by atoms with Crippen LogP contribution in [-0.4, -0.2) is 23.6 Å². The van der Waals surface area contributed by atoms with E-state index in [2.05, 4.69) is 39.2 Å². The number of thiophene rings is 1. The van der Waals surface area contributed by atoms with Crippen molar-refractivity contribution in [2.45, 2.75) is 20.0 Å². The lowest BCUT2D eigenvalue weighted by molar-refractivity contribution is 0.109. The molecule has 3 heterocycles. The molecule has 0 unspecified atom stereocenters. The predicted molar refractivity (Wildman–Crippen MR) is 80.7 cm³/mol. The number of nitrogens with zero attached hydrogens (tertiary/aromatic N) is 2. The smallest absolute Gasteiger partial charge is 0.171 e. The first-order chi connectivity index (χ1) is 9.19. The molecule has 100 valence electrons. The van der Waals surface area contributed by atoms with Gasteiger partial charge in [0.15, 0.2) is 5.82 Å². The predicted octanol–water partition coefficient (Wildman–Crippen LogP) is 3.39. The van der Waals surface area contributed by atoms with E-state index in [0.717, 1.165) is 45.3 Å². The lowest BCUT2D eigenvalue weighted by atomic mass is 10.1. The number of anilines is 1. The molecule has 0 aromatic carbocycles. The third kappa shape index (κ3) is 2.40. The van der Waals surface area contributed by atoms with Crippen LogP contribution in [0.15, 0.2) is 10.5 Å². The third-order valence-corrected chi connectivity index (χ3v) is 5.27. The van der Waals surface area contributed by atoms with Crippen molar-refractivity contribution in [2.75, 3.05) is 19.0 Å². The quantitative estimate of drug-likeness (QED) is 0.910. The molecule has 19 heavy (non-hydrogen) atoms. The molecular formula is C13H14BrN3OS. The maximum Gasteiger partial charge on any atom is 0.171 e. The zero-order valence-corrected chi connectivity index (χ0v) is 13.2. The summed E-state index contributed by atoms with van der Waals surface area (Å²) >= 11 is 5.25.